The number of carbonyl (C=O) groups excluding carboxylic acids is 1. The van der Waals surface area contributed by atoms with E-state index in [0.717, 1.165) is 0 Å². The van der Waals surface area contributed by atoms with Gasteiger partial charge in [-0.25, -0.2) is 14.6 Å². The Kier molecular flexibility index (Phi) is 5.07. The number of ether oxygens (including phenoxy) is 3. The van der Waals surface area contributed by atoms with E-state index in [1.54, 1.807) is 6.42 Å². The Morgan fingerprint density at radius 2 is 2.26 bits per heavy atom. The highest BCUT2D eigenvalue weighted by Gasteiger charge is 2.42. The molecular formula is C18H15FN5O7. The minimum Gasteiger partial charge on any atom is -0.430 e. The summed E-state index contributed by atoms with van der Waals surface area (Å²) in [6.45, 7) is 0.763. The van der Waals surface area contributed by atoms with Crippen LogP contribution in [0.1, 0.15) is 24.2 Å². The van der Waals surface area contributed by atoms with E-state index < -0.39 is 29.9 Å². The number of hydrogen-bond donors (Lipinski definition) is 1. The van der Waals surface area contributed by atoms with Gasteiger partial charge in [-0.15, -0.1) is 6.42 Å². The van der Waals surface area contributed by atoms with Gasteiger partial charge >= 0.3 is 18.1 Å². The molecule has 1 radical (unpaired) electrons. The minimum atomic E-state index is -1.37. The SMILES string of the molecule is C#C[C@@]1(COC(=O)OCc2oc(=O)oc2C)[CH]C[C@H](n2cnc3c(N)nc(F)nc32)O1. The number of anilines is 1. The van der Waals surface area contributed by atoms with Crippen LogP contribution in [0, 0.1) is 31.8 Å². The van der Waals surface area contributed by atoms with Crippen LogP contribution < -0.4 is 11.6 Å². The number of hydrogen-bond acceptors (Lipinski definition) is 11. The van der Waals surface area contributed by atoms with E-state index in [1.807, 2.05) is 0 Å². The van der Waals surface area contributed by atoms with Crippen molar-refractivity contribution in [3.8, 4) is 12.3 Å². The summed E-state index contributed by atoms with van der Waals surface area (Å²) in [5, 5.41) is 0. The fourth-order valence-electron chi connectivity index (χ4n) is 2.99. The number of aromatic nitrogens is 4. The molecule has 0 spiro atoms. The maximum absolute atomic E-state index is 13.6. The number of fused-ring (bicyclic) bond motifs is 1. The lowest BCUT2D eigenvalue weighted by atomic mass is 10.0. The largest absolute Gasteiger partial charge is 0.519 e. The summed E-state index contributed by atoms with van der Waals surface area (Å²) in [5.74, 6) is 1.65. The van der Waals surface area contributed by atoms with Crippen LogP contribution in [-0.2, 0) is 20.8 Å². The molecule has 1 saturated heterocycles. The van der Waals surface area contributed by atoms with E-state index in [2.05, 4.69) is 25.3 Å². The lowest BCUT2D eigenvalue weighted by molar-refractivity contribution is -0.0667. The molecule has 1 aliphatic heterocycles. The fourth-order valence-corrected chi connectivity index (χ4v) is 2.99. The quantitative estimate of drug-likeness (QED) is 0.351. The lowest BCUT2D eigenvalue weighted by Crippen LogP contribution is -2.34. The first-order valence-corrected chi connectivity index (χ1v) is 8.85. The second-order valence-electron chi connectivity index (χ2n) is 6.51. The molecule has 2 N–H and O–H groups in total. The third kappa shape index (κ3) is 3.92. The van der Waals surface area contributed by atoms with Crippen LogP contribution in [0.3, 0.4) is 0 Å². The third-order valence-electron chi connectivity index (χ3n) is 4.53. The van der Waals surface area contributed by atoms with Gasteiger partial charge in [-0.3, -0.25) is 4.57 Å². The number of carbonyl (C=O) groups is 1. The highest BCUT2D eigenvalue weighted by Crippen LogP contribution is 2.37. The number of aryl methyl sites for hydroxylation is 1. The minimum absolute atomic E-state index is 0.0536. The number of imidazole rings is 1. The number of nitrogens with two attached hydrogens (primary N) is 1. The molecule has 0 aromatic carbocycles. The molecule has 4 rings (SSSR count). The maximum atomic E-state index is 13.6. The van der Waals surface area contributed by atoms with Crippen LogP contribution in [0.25, 0.3) is 11.2 Å². The van der Waals surface area contributed by atoms with Gasteiger partial charge < -0.3 is 28.8 Å². The molecule has 3 aromatic rings. The molecule has 13 heteroatoms. The molecule has 3 aromatic heterocycles. The number of nitrogens with zero attached hydrogens (tertiary/aromatic N) is 4. The summed E-state index contributed by atoms with van der Waals surface area (Å²) in [7, 11) is 0. The average Bonchev–Trinajstić information content (AvgIpc) is 3.42. The molecule has 0 bridgehead atoms. The van der Waals surface area contributed by atoms with Crippen molar-refractivity contribution in [1.29, 1.82) is 0 Å². The van der Waals surface area contributed by atoms with Crippen LogP contribution in [0.2, 0.25) is 0 Å². The zero-order chi connectivity index (χ0) is 22.2. The molecule has 0 saturated carbocycles. The van der Waals surface area contributed by atoms with E-state index in [4.69, 9.17) is 30.8 Å². The zero-order valence-corrected chi connectivity index (χ0v) is 16.0. The van der Waals surface area contributed by atoms with Gasteiger partial charge in [-0.2, -0.15) is 14.4 Å². The molecule has 2 atom stereocenters. The van der Waals surface area contributed by atoms with Gasteiger partial charge in [0.15, 0.2) is 40.7 Å². The monoisotopic (exact) mass is 432 g/mol. The van der Waals surface area contributed by atoms with E-state index in [-0.39, 0.29) is 41.7 Å². The predicted molar refractivity (Wildman–Crippen MR) is 98.4 cm³/mol. The molecule has 0 unspecified atom stereocenters. The molecule has 31 heavy (non-hydrogen) atoms. The molecule has 0 aliphatic carbocycles. The van der Waals surface area contributed by atoms with E-state index >= 15 is 0 Å². The second-order valence-corrected chi connectivity index (χ2v) is 6.51. The topological polar surface area (TPSA) is 158 Å². The van der Waals surface area contributed by atoms with Gasteiger partial charge in [0.1, 0.15) is 12.8 Å². The van der Waals surface area contributed by atoms with Crippen molar-refractivity contribution in [2.45, 2.75) is 31.8 Å². The fraction of sp³-hybridized carbons (Fsp3) is 0.333. The van der Waals surface area contributed by atoms with Crippen LogP contribution >= 0.6 is 0 Å². The van der Waals surface area contributed by atoms with E-state index in [1.165, 1.54) is 17.8 Å². The highest BCUT2D eigenvalue weighted by molar-refractivity contribution is 5.81. The summed E-state index contributed by atoms with van der Waals surface area (Å²) in [5.41, 5.74) is 4.64. The van der Waals surface area contributed by atoms with Gasteiger partial charge in [0.05, 0.1) is 6.33 Å². The number of terminal acetylenes is 1. The Balaban J connectivity index is 1.40. The molecule has 4 heterocycles. The second kappa shape index (κ2) is 7.73. The molecule has 161 valence electrons. The normalized spacial score (nSPS) is 20.6. The van der Waals surface area contributed by atoms with Crippen molar-refractivity contribution >= 4 is 23.1 Å². The van der Waals surface area contributed by atoms with Gasteiger partial charge in [0, 0.05) is 6.42 Å². The van der Waals surface area contributed by atoms with Crippen LogP contribution in [-0.4, -0.2) is 37.9 Å². The number of rotatable bonds is 5. The average molecular weight is 432 g/mol. The summed E-state index contributed by atoms with van der Waals surface area (Å²) in [6, 6.07) is 0. The van der Waals surface area contributed by atoms with Crippen LogP contribution in [0.5, 0.6) is 0 Å². The Labute approximate surface area is 173 Å². The molecule has 12 nitrogen and oxygen atoms in total. The summed E-state index contributed by atoms with van der Waals surface area (Å²) in [6.07, 6.45) is 6.11. The third-order valence-corrected chi connectivity index (χ3v) is 4.53. The molecule has 1 fully saturated rings. The Bertz CT molecular complexity index is 1240. The summed E-state index contributed by atoms with van der Waals surface area (Å²) < 4.78 is 40.2. The van der Waals surface area contributed by atoms with E-state index in [0.29, 0.717) is 6.42 Å². The molecule has 0 amide bonds. The highest BCUT2D eigenvalue weighted by atomic mass is 19.1. The summed E-state index contributed by atoms with van der Waals surface area (Å²) in [4.78, 5) is 34.1. The van der Waals surface area contributed by atoms with Crippen molar-refractivity contribution in [2.75, 3.05) is 12.3 Å². The Morgan fingerprint density at radius 3 is 2.97 bits per heavy atom. The van der Waals surface area contributed by atoms with Crippen molar-refractivity contribution < 1.29 is 32.2 Å². The van der Waals surface area contributed by atoms with Gasteiger partial charge in [0.2, 0.25) is 0 Å². The number of halogens is 1. The first-order valence-electron chi connectivity index (χ1n) is 8.85. The summed E-state index contributed by atoms with van der Waals surface area (Å²) >= 11 is 0. The number of nitrogen functional groups attached to an aromatic ring is 1. The Morgan fingerprint density at radius 1 is 1.45 bits per heavy atom. The van der Waals surface area contributed by atoms with Crippen LogP contribution in [0.4, 0.5) is 15.0 Å². The van der Waals surface area contributed by atoms with Crippen LogP contribution in [0.15, 0.2) is 20.0 Å². The van der Waals surface area contributed by atoms with Crippen molar-refractivity contribution in [2.24, 2.45) is 0 Å². The molecule has 1 aliphatic rings. The van der Waals surface area contributed by atoms with Crippen molar-refractivity contribution in [3.05, 3.63) is 41.0 Å². The smallest absolute Gasteiger partial charge is 0.430 e. The Hall–Kier alpha value is -3.92. The predicted octanol–water partition coefficient (Wildman–Crippen LogP) is 1.25. The van der Waals surface area contributed by atoms with Crippen molar-refractivity contribution in [1.82, 2.24) is 19.5 Å². The van der Waals surface area contributed by atoms with Crippen molar-refractivity contribution in [3.63, 3.8) is 0 Å². The van der Waals surface area contributed by atoms with Gasteiger partial charge in [0.25, 0.3) is 0 Å². The first-order chi connectivity index (χ1) is 14.8. The van der Waals surface area contributed by atoms with E-state index in [9.17, 15) is 14.0 Å². The maximum Gasteiger partial charge on any atom is 0.519 e. The van der Waals surface area contributed by atoms with Gasteiger partial charge in [-0.05, 0) is 13.3 Å². The standard InChI is InChI=1S/C18H15FN5O7/c1-3-18(7-28-16(25)27-6-10-9(2)29-17(26)30-10)5-4-11(31-18)24-8-21-12-13(20)22-15(19)23-14(12)24/h1,5,8,11H,4,6-7H2,2H3,(H2,20,22,23)/t11-,18+/m1/s1. The van der Waals surface area contributed by atoms with Gasteiger partial charge in [-0.1, -0.05) is 5.92 Å². The lowest BCUT2D eigenvalue weighted by Gasteiger charge is -2.23. The molecular weight excluding hydrogens is 417 g/mol. The first kappa shape index (κ1) is 20.4. The zero-order valence-electron chi connectivity index (χ0n) is 16.0.